The Hall–Kier alpha value is -3.89. The molecule has 4 aromatic carbocycles. The lowest BCUT2D eigenvalue weighted by Crippen LogP contribution is -2.50. The number of alkyl halides is 1. The second-order valence-corrected chi connectivity index (χ2v) is 9.44. The zero-order chi connectivity index (χ0) is 25.9. The third-order valence-electron chi connectivity index (χ3n) is 6.26. The van der Waals surface area contributed by atoms with Crippen molar-refractivity contribution in [3.05, 3.63) is 144 Å². The first-order chi connectivity index (χ1) is 18.1. The number of hydrogen-bond acceptors (Lipinski definition) is 2. The Labute approximate surface area is 223 Å². The van der Waals surface area contributed by atoms with E-state index in [0.29, 0.717) is 31.5 Å². The van der Waals surface area contributed by atoms with Crippen molar-refractivity contribution in [2.75, 3.05) is 6.54 Å². The van der Waals surface area contributed by atoms with E-state index in [0.717, 1.165) is 16.7 Å². The Morgan fingerprint density at radius 3 is 1.73 bits per heavy atom. The van der Waals surface area contributed by atoms with E-state index >= 15 is 0 Å². The molecule has 4 aromatic rings. The van der Waals surface area contributed by atoms with E-state index in [1.165, 1.54) is 0 Å². The fourth-order valence-electron chi connectivity index (χ4n) is 4.27. The fraction of sp³-hybridized carbons (Fsp3) is 0.188. The third-order valence-corrected chi connectivity index (χ3v) is 6.71. The summed E-state index contributed by atoms with van der Waals surface area (Å²) in [7, 11) is 0. The molecule has 0 radical (unpaired) electrons. The van der Waals surface area contributed by atoms with E-state index in [1.54, 1.807) is 0 Å². The molecule has 5 heteroatoms. The molecule has 0 bridgehead atoms. The normalized spacial score (nSPS) is 12.4. The van der Waals surface area contributed by atoms with Gasteiger partial charge in [-0.25, -0.2) is 0 Å². The van der Waals surface area contributed by atoms with Crippen molar-refractivity contribution >= 4 is 23.4 Å². The molecule has 0 spiro atoms. The van der Waals surface area contributed by atoms with E-state index in [-0.39, 0.29) is 11.8 Å². The highest BCUT2D eigenvalue weighted by Gasteiger charge is 2.29. The van der Waals surface area contributed by atoms with Gasteiger partial charge in [-0.3, -0.25) is 9.59 Å². The number of amides is 2. The van der Waals surface area contributed by atoms with Crippen LogP contribution < -0.4 is 5.32 Å². The first-order valence-corrected chi connectivity index (χ1v) is 12.9. The average molecular weight is 511 g/mol. The standard InChI is InChI=1S/C32H31ClN2O2/c33-30(28-19-11-4-12-20-28)31(36)34-29(23-26-15-7-2-8-16-26)32(37)35(24-27-17-9-3-10-18-27)22-21-25-13-5-1-6-14-25/h1-20,29-30H,21-24H2,(H,34,36). The summed E-state index contributed by atoms with van der Waals surface area (Å²) < 4.78 is 0. The molecule has 0 saturated carbocycles. The molecule has 0 aliphatic heterocycles. The van der Waals surface area contributed by atoms with Crippen molar-refractivity contribution in [1.82, 2.24) is 10.2 Å². The van der Waals surface area contributed by atoms with Crippen LogP contribution in [-0.2, 0) is 29.0 Å². The minimum atomic E-state index is -0.890. The van der Waals surface area contributed by atoms with E-state index in [9.17, 15) is 9.59 Å². The monoisotopic (exact) mass is 510 g/mol. The number of hydrogen-bond donors (Lipinski definition) is 1. The van der Waals surface area contributed by atoms with Gasteiger partial charge in [-0.15, -0.1) is 11.6 Å². The average Bonchev–Trinajstić information content (AvgIpc) is 2.96. The predicted octanol–water partition coefficient (Wildman–Crippen LogP) is 5.97. The number of carbonyl (C=O) groups excluding carboxylic acids is 2. The summed E-state index contributed by atoms with van der Waals surface area (Å²) in [5.41, 5.74) is 3.85. The topological polar surface area (TPSA) is 49.4 Å². The maximum absolute atomic E-state index is 14.0. The van der Waals surface area contributed by atoms with Crippen LogP contribution in [0.3, 0.4) is 0 Å². The van der Waals surface area contributed by atoms with Crippen LogP contribution in [-0.4, -0.2) is 29.3 Å². The molecule has 0 aliphatic rings. The Bertz CT molecular complexity index is 1250. The van der Waals surface area contributed by atoms with Crippen molar-refractivity contribution < 1.29 is 9.59 Å². The molecule has 1 N–H and O–H groups in total. The molecule has 0 heterocycles. The van der Waals surface area contributed by atoms with E-state index in [4.69, 9.17) is 11.6 Å². The number of benzene rings is 4. The van der Waals surface area contributed by atoms with Crippen molar-refractivity contribution in [1.29, 1.82) is 0 Å². The molecular weight excluding hydrogens is 480 g/mol. The Morgan fingerprint density at radius 1 is 0.676 bits per heavy atom. The lowest BCUT2D eigenvalue weighted by molar-refractivity contribution is -0.137. The maximum atomic E-state index is 14.0. The molecule has 2 atom stereocenters. The van der Waals surface area contributed by atoms with Gasteiger partial charge in [0.2, 0.25) is 11.8 Å². The second kappa shape index (κ2) is 13.4. The van der Waals surface area contributed by atoms with Gasteiger partial charge in [0.25, 0.3) is 0 Å². The first-order valence-electron chi connectivity index (χ1n) is 12.5. The zero-order valence-electron chi connectivity index (χ0n) is 20.7. The van der Waals surface area contributed by atoms with Crippen molar-refractivity contribution in [2.45, 2.75) is 30.8 Å². The predicted molar refractivity (Wildman–Crippen MR) is 149 cm³/mol. The van der Waals surface area contributed by atoms with E-state index in [1.807, 2.05) is 114 Å². The van der Waals surface area contributed by atoms with Crippen LogP contribution in [0, 0.1) is 0 Å². The summed E-state index contributed by atoms with van der Waals surface area (Å²) in [5.74, 6) is -0.515. The van der Waals surface area contributed by atoms with Gasteiger partial charge in [0.05, 0.1) is 0 Å². The van der Waals surface area contributed by atoms with Crippen molar-refractivity contribution in [3.8, 4) is 0 Å². The highest BCUT2D eigenvalue weighted by Crippen LogP contribution is 2.21. The summed E-state index contributed by atoms with van der Waals surface area (Å²) in [6.45, 7) is 0.985. The summed E-state index contributed by atoms with van der Waals surface area (Å²) in [6.07, 6.45) is 1.09. The van der Waals surface area contributed by atoms with Crippen molar-refractivity contribution in [3.63, 3.8) is 0 Å². The highest BCUT2D eigenvalue weighted by atomic mass is 35.5. The molecule has 4 nitrogen and oxygen atoms in total. The maximum Gasteiger partial charge on any atom is 0.245 e. The number of halogens is 1. The van der Waals surface area contributed by atoms with E-state index in [2.05, 4.69) is 17.4 Å². The Kier molecular flexibility index (Phi) is 9.50. The van der Waals surface area contributed by atoms with Gasteiger partial charge < -0.3 is 10.2 Å². The van der Waals surface area contributed by atoms with Crippen LogP contribution in [0.2, 0.25) is 0 Å². The fourth-order valence-corrected chi connectivity index (χ4v) is 4.48. The largest absolute Gasteiger partial charge is 0.342 e. The lowest BCUT2D eigenvalue weighted by atomic mass is 10.0. The number of rotatable bonds is 11. The van der Waals surface area contributed by atoms with Gasteiger partial charge >= 0.3 is 0 Å². The molecule has 4 rings (SSSR count). The third kappa shape index (κ3) is 7.80. The van der Waals surface area contributed by atoms with Crippen LogP contribution in [0.15, 0.2) is 121 Å². The molecule has 0 aliphatic carbocycles. The van der Waals surface area contributed by atoms with Gasteiger partial charge in [0.1, 0.15) is 11.4 Å². The first kappa shape index (κ1) is 26.2. The van der Waals surface area contributed by atoms with Crippen LogP contribution >= 0.6 is 11.6 Å². The van der Waals surface area contributed by atoms with Crippen molar-refractivity contribution in [2.24, 2.45) is 0 Å². The number of carbonyl (C=O) groups is 2. The molecule has 188 valence electrons. The second-order valence-electron chi connectivity index (χ2n) is 9.01. The zero-order valence-corrected chi connectivity index (χ0v) is 21.4. The lowest BCUT2D eigenvalue weighted by Gasteiger charge is -2.29. The van der Waals surface area contributed by atoms with Gasteiger partial charge in [0, 0.05) is 19.5 Å². The summed E-state index contributed by atoms with van der Waals surface area (Å²) in [5, 5.41) is 2.08. The minimum Gasteiger partial charge on any atom is -0.342 e. The summed E-state index contributed by atoms with van der Waals surface area (Å²) >= 11 is 6.52. The minimum absolute atomic E-state index is 0.131. The number of nitrogens with zero attached hydrogens (tertiary/aromatic N) is 1. The molecule has 0 aromatic heterocycles. The SMILES string of the molecule is O=C(NC(Cc1ccccc1)C(=O)N(CCc1ccccc1)Cc1ccccc1)C(Cl)c1ccccc1. The van der Waals surface area contributed by atoms with Crippen LogP contribution in [0.5, 0.6) is 0 Å². The van der Waals surface area contributed by atoms with Gasteiger partial charge in [-0.2, -0.15) is 0 Å². The smallest absolute Gasteiger partial charge is 0.245 e. The molecule has 37 heavy (non-hydrogen) atoms. The molecule has 0 fully saturated rings. The van der Waals surface area contributed by atoms with Crippen LogP contribution in [0.1, 0.15) is 27.6 Å². The molecule has 2 unspecified atom stereocenters. The van der Waals surface area contributed by atoms with E-state index < -0.39 is 11.4 Å². The van der Waals surface area contributed by atoms with Gasteiger partial charge in [-0.05, 0) is 28.7 Å². The summed E-state index contributed by atoms with van der Waals surface area (Å²) in [4.78, 5) is 29.1. The summed E-state index contributed by atoms with van der Waals surface area (Å²) in [6, 6.07) is 38.2. The molecule has 0 saturated heterocycles. The van der Waals surface area contributed by atoms with Crippen LogP contribution in [0.4, 0.5) is 0 Å². The Balaban J connectivity index is 1.57. The highest BCUT2D eigenvalue weighted by molar-refractivity contribution is 6.30. The molecular formula is C32H31ClN2O2. The van der Waals surface area contributed by atoms with Gasteiger partial charge in [-0.1, -0.05) is 121 Å². The van der Waals surface area contributed by atoms with Gasteiger partial charge in [0.15, 0.2) is 0 Å². The Morgan fingerprint density at radius 2 is 1.16 bits per heavy atom. The van der Waals surface area contributed by atoms with Crippen LogP contribution in [0.25, 0.3) is 0 Å². The number of nitrogens with one attached hydrogen (secondary N) is 1. The molecule has 2 amide bonds. The quantitative estimate of drug-likeness (QED) is 0.253.